The number of aliphatic carboxylic acids is 1. The molecule has 3 amide bonds. The van der Waals surface area contributed by atoms with E-state index in [4.69, 9.17) is 16.6 Å². The number of carbonyl (C=O) groups excluding carboxylic acids is 3. The Morgan fingerprint density at radius 3 is 2.12 bits per heavy atom. The predicted molar refractivity (Wildman–Crippen MR) is 117 cm³/mol. The van der Waals surface area contributed by atoms with E-state index in [0.29, 0.717) is 19.4 Å². The Morgan fingerprint density at radius 1 is 0.938 bits per heavy atom. The maximum atomic E-state index is 12.7. The zero-order valence-electron chi connectivity index (χ0n) is 18.1. The lowest BCUT2D eigenvalue weighted by Gasteiger charge is -2.23. The first-order valence-corrected chi connectivity index (χ1v) is 10.4. The summed E-state index contributed by atoms with van der Waals surface area (Å²) in [6, 6.07) is 4.43. The highest BCUT2D eigenvalue weighted by atomic mass is 16.4. The summed E-state index contributed by atoms with van der Waals surface area (Å²) in [6.07, 6.45) is 1.51. The van der Waals surface area contributed by atoms with Crippen molar-refractivity contribution < 1.29 is 29.4 Å². The van der Waals surface area contributed by atoms with Crippen LogP contribution in [0.3, 0.4) is 0 Å². The van der Waals surface area contributed by atoms with Crippen molar-refractivity contribution in [3.63, 3.8) is 0 Å². The number of benzene rings is 1. The largest absolute Gasteiger partial charge is 0.480 e. The van der Waals surface area contributed by atoms with Crippen molar-refractivity contribution in [2.24, 2.45) is 11.5 Å². The summed E-state index contributed by atoms with van der Waals surface area (Å²) >= 11 is 0. The summed E-state index contributed by atoms with van der Waals surface area (Å²) in [5.41, 5.74) is 11.7. The molecule has 0 aliphatic rings. The van der Waals surface area contributed by atoms with E-state index < -0.39 is 54.5 Å². The molecule has 0 aliphatic carbocycles. The van der Waals surface area contributed by atoms with Gasteiger partial charge < -0.3 is 37.6 Å². The molecule has 0 fully saturated rings. The van der Waals surface area contributed by atoms with Crippen LogP contribution in [-0.2, 0) is 25.6 Å². The number of nitrogens with one attached hydrogen (secondary N) is 3. The second kappa shape index (κ2) is 14.1. The van der Waals surface area contributed by atoms with Gasteiger partial charge >= 0.3 is 5.97 Å². The van der Waals surface area contributed by atoms with Gasteiger partial charge in [-0.2, -0.15) is 0 Å². The van der Waals surface area contributed by atoms with Gasteiger partial charge in [-0.15, -0.1) is 0 Å². The fraction of sp³-hybridized carbons (Fsp3) is 0.524. The van der Waals surface area contributed by atoms with E-state index in [1.807, 2.05) is 0 Å². The Morgan fingerprint density at radius 2 is 1.56 bits per heavy atom. The third-order valence-corrected chi connectivity index (χ3v) is 4.76. The monoisotopic (exact) mass is 451 g/mol. The smallest absolute Gasteiger partial charge is 0.326 e. The van der Waals surface area contributed by atoms with Gasteiger partial charge in [0.05, 0.1) is 6.61 Å². The zero-order valence-corrected chi connectivity index (χ0v) is 18.1. The molecule has 178 valence electrons. The lowest BCUT2D eigenvalue weighted by molar-refractivity contribution is -0.142. The number of carboxylic acid groups (broad SMARTS) is 1. The zero-order chi connectivity index (χ0) is 24.1. The molecule has 0 aromatic heterocycles. The van der Waals surface area contributed by atoms with Crippen LogP contribution >= 0.6 is 0 Å². The highest BCUT2D eigenvalue weighted by Crippen LogP contribution is 2.05. The van der Waals surface area contributed by atoms with Crippen molar-refractivity contribution in [3.8, 4) is 0 Å². The lowest BCUT2D eigenvalue weighted by atomic mass is 10.1. The van der Waals surface area contributed by atoms with Gasteiger partial charge in [-0.3, -0.25) is 14.4 Å². The van der Waals surface area contributed by atoms with Crippen LogP contribution in [-0.4, -0.2) is 71.2 Å². The van der Waals surface area contributed by atoms with E-state index in [2.05, 4.69) is 16.0 Å². The molecule has 11 heteroatoms. The molecule has 0 saturated heterocycles. The van der Waals surface area contributed by atoms with Crippen molar-refractivity contribution >= 4 is 23.7 Å². The minimum atomic E-state index is -1.20. The van der Waals surface area contributed by atoms with Gasteiger partial charge in [-0.05, 0) is 38.3 Å². The molecule has 32 heavy (non-hydrogen) atoms. The number of aliphatic hydroxyl groups is 1. The third kappa shape index (κ3) is 9.41. The average molecular weight is 452 g/mol. The van der Waals surface area contributed by atoms with Gasteiger partial charge in [0.15, 0.2) is 0 Å². The van der Waals surface area contributed by atoms with E-state index in [9.17, 15) is 24.3 Å². The molecule has 4 atom stereocenters. The first-order valence-electron chi connectivity index (χ1n) is 10.4. The van der Waals surface area contributed by atoms with Gasteiger partial charge in [-0.1, -0.05) is 30.3 Å². The fourth-order valence-corrected chi connectivity index (χ4v) is 2.85. The van der Waals surface area contributed by atoms with Crippen LogP contribution in [0.4, 0.5) is 0 Å². The molecular weight excluding hydrogens is 418 g/mol. The molecule has 11 nitrogen and oxygen atoms in total. The summed E-state index contributed by atoms with van der Waals surface area (Å²) in [4.78, 5) is 48.7. The van der Waals surface area contributed by atoms with E-state index in [1.54, 1.807) is 30.3 Å². The van der Waals surface area contributed by atoms with Crippen LogP contribution in [0.25, 0.3) is 0 Å². The molecule has 1 aromatic rings. The van der Waals surface area contributed by atoms with Crippen LogP contribution in [0.5, 0.6) is 0 Å². The van der Waals surface area contributed by atoms with Crippen LogP contribution in [0, 0.1) is 0 Å². The topological polar surface area (TPSA) is 197 Å². The van der Waals surface area contributed by atoms with Gasteiger partial charge in [0, 0.05) is 6.42 Å². The first kappa shape index (κ1) is 27.0. The molecule has 0 heterocycles. The maximum absolute atomic E-state index is 12.7. The second-order valence-corrected chi connectivity index (χ2v) is 7.45. The molecule has 1 aromatic carbocycles. The minimum absolute atomic E-state index is 0.0827. The molecule has 0 spiro atoms. The summed E-state index contributed by atoms with van der Waals surface area (Å²) < 4.78 is 0. The van der Waals surface area contributed by atoms with Crippen LogP contribution in [0.2, 0.25) is 0 Å². The number of unbranched alkanes of at least 4 members (excludes halogenated alkanes) is 1. The lowest BCUT2D eigenvalue weighted by Crippen LogP contribution is -2.56. The van der Waals surface area contributed by atoms with Crippen molar-refractivity contribution in [1.29, 1.82) is 0 Å². The second-order valence-electron chi connectivity index (χ2n) is 7.45. The number of hydrogen-bond donors (Lipinski definition) is 7. The Bertz CT molecular complexity index is 760. The van der Waals surface area contributed by atoms with E-state index in [0.717, 1.165) is 5.56 Å². The Hall–Kier alpha value is -3.02. The molecule has 0 unspecified atom stereocenters. The molecule has 0 aliphatic heterocycles. The fourth-order valence-electron chi connectivity index (χ4n) is 2.85. The first-order chi connectivity index (χ1) is 15.2. The van der Waals surface area contributed by atoms with E-state index >= 15 is 0 Å². The van der Waals surface area contributed by atoms with Gasteiger partial charge in [-0.25, -0.2) is 4.79 Å². The predicted octanol–water partition coefficient (Wildman–Crippen LogP) is -1.76. The third-order valence-electron chi connectivity index (χ3n) is 4.76. The molecule has 0 radical (unpaired) electrons. The maximum Gasteiger partial charge on any atom is 0.326 e. The number of carbonyl (C=O) groups is 4. The summed E-state index contributed by atoms with van der Waals surface area (Å²) in [6.45, 7) is 1.24. The SMILES string of the molecule is C[C@H](NC(=O)[C@H](CCCCN)NC(=O)[C@@H](N)CO)C(=O)N[C@@H](Cc1ccccc1)C(=O)O. The quantitative estimate of drug-likeness (QED) is 0.161. The summed E-state index contributed by atoms with van der Waals surface area (Å²) in [5, 5.41) is 25.8. The number of hydrogen-bond acceptors (Lipinski definition) is 7. The van der Waals surface area contributed by atoms with Crippen molar-refractivity contribution in [2.45, 2.75) is 56.8 Å². The summed E-state index contributed by atoms with van der Waals surface area (Å²) in [7, 11) is 0. The Balaban J connectivity index is 2.75. The molecular formula is C21H33N5O6. The highest BCUT2D eigenvalue weighted by Gasteiger charge is 2.28. The molecule has 9 N–H and O–H groups in total. The molecule has 1 rings (SSSR count). The van der Waals surface area contributed by atoms with Crippen molar-refractivity contribution in [2.75, 3.05) is 13.2 Å². The minimum Gasteiger partial charge on any atom is -0.480 e. The van der Waals surface area contributed by atoms with E-state index in [1.165, 1.54) is 6.92 Å². The number of carboxylic acids is 1. The molecule has 0 bridgehead atoms. The Labute approximate surface area is 186 Å². The summed E-state index contributed by atoms with van der Waals surface area (Å²) in [5.74, 6) is -3.21. The van der Waals surface area contributed by atoms with Crippen LogP contribution in [0.15, 0.2) is 30.3 Å². The number of aliphatic hydroxyl groups excluding tert-OH is 1. The van der Waals surface area contributed by atoms with Crippen LogP contribution < -0.4 is 27.4 Å². The number of rotatable bonds is 14. The van der Waals surface area contributed by atoms with Gasteiger partial charge in [0.1, 0.15) is 24.2 Å². The normalized spacial score (nSPS) is 14.5. The van der Waals surface area contributed by atoms with Gasteiger partial charge in [0.25, 0.3) is 0 Å². The van der Waals surface area contributed by atoms with Crippen LogP contribution in [0.1, 0.15) is 31.7 Å². The van der Waals surface area contributed by atoms with Crippen molar-refractivity contribution in [3.05, 3.63) is 35.9 Å². The number of amides is 3. The van der Waals surface area contributed by atoms with Crippen molar-refractivity contribution in [1.82, 2.24) is 16.0 Å². The highest BCUT2D eigenvalue weighted by molar-refractivity contribution is 5.93. The number of nitrogens with two attached hydrogens (primary N) is 2. The molecule has 0 saturated carbocycles. The van der Waals surface area contributed by atoms with Gasteiger partial charge in [0.2, 0.25) is 17.7 Å². The average Bonchev–Trinajstić information content (AvgIpc) is 2.77. The van der Waals surface area contributed by atoms with E-state index in [-0.39, 0.29) is 12.8 Å². The standard InChI is InChI=1S/C21H33N5O6/c1-13(18(28)26-17(21(31)32)11-14-7-3-2-4-8-14)24-20(30)16(9-5-6-10-22)25-19(29)15(23)12-27/h2-4,7-8,13,15-17,27H,5-6,9-12,22-23H2,1H3,(H,24,30)(H,25,29)(H,26,28)(H,31,32)/t13-,15-,16-,17-/m0/s1. The Kier molecular flexibility index (Phi) is 11.9.